The number of nitrogens with one attached hydrogen (secondary N) is 1. The molecule has 0 saturated carbocycles. The van der Waals surface area contributed by atoms with Crippen molar-refractivity contribution >= 4 is 11.8 Å². The number of amides is 2. The standard InChI is InChI=1S/C20H24N2O5/c1-3-26-18-13-14(6-7-16(18)25-2)19(23)21-15-8-10-22(11-9-15)20(24)17-5-4-12-27-17/h4-7,12-13,15H,3,8-11H2,1-2H3,(H,21,23). The molecule has 1 N–H and O–H groups in total. The number of nitrogens with zero attached hydrogens (tertiary/aromatic N) is 1. The Morgan fingerprint density at radius 3 is 2.63 bits per heavy atom. The van der Waals surface area contributed by atoms with Gasteiger partial charge in [-0.05, 0) is 50.1 Å². The van der Waals surface area contributed by atoms with E-state index in [1.54, 1.807) is 42.3 Å². The molecule has 0 aliphatic carbocycles. The van der Waals surface area contributed by atoms with Gasteiger partial charge in [-0.2, -0.15) is 0 Å². The molecule has 0 radical (unpaired) electrons. The Bertz CT molecular complexity index is 780. The van der Waals surface area contributed by atoms with Crippen LogP contribution in [0.5, 0.6) is 11.5 Å². The van der Waals surface area contributed by atoms with E-state index in [4.69, 9.17) is 13.9 Å². The minimum absolute atomic E-state index is 0.0239. The number of likely N-dealkylation sites (tertiary alicyclic amines) is 1. The number of hydrogen-bond donors (Lipinski definition) is 1. The van der Waals surface area contributed by atoms with E-state index >= 15 is 0 Å². The van der Waals surface area contributed by atoms with Crippen molar-refractivity contribution < 1.29 is 23.5 Å². The molecule has 27 heavy (non-hydrogen) atoms. The lowest BCUT2D eigenvalue weighted by atomic mass is 10.0. The summed E-state index contributed by atoms with van der Waals surface area (Å²) in [6, 6.07) is 8.52. The van der Waals surface area contributed by atoms with Crippen LogP contribution in [-0.2, 0) is 0 Å². The molecular weight excluding hydrogens is 348 g/mol. The van der Waals surface area contributed by atoms with Crippen LogP contribution in [0, 0.1) is 0 Å². The molecule has 144 valence electrons. The second-order valence-corrected chi connectivity index (χ2v) is 6.32. The number of ether oxygens (including phenoxy) is 2. The zero-order valence-corrected chi connectivity index (χ0v) is 15.6. The average molecular weight is 372 g/mol. The van der Waals surface area contributed by atoms with Gasteiger partial charge >= 0.3 is 0 Å². The number of rotatable bonds is 6. The molecule has 0 atom stereocenters. The van der Waals surface area contributed by atoms with Crippen LogP contribution in [0.1, 0.15) is 40.7 Å². The molecule has 0 unspecified atom stereocenters. The van der Waals surface area contributed by atoms with E-state index in [2.05, 4.69) is 5.32 Å². The van der Waals surface area contributed by atoms with Crippen molar-refractivity contribution in [1.82, 2.24) is 10.2 Å². The highest BCUT2D eigenvalue weighted by Gasteiger charge is 2.26. The number of methoxy groups -OCH3 is 1. The first kappa shape index (κ1) is 18.8. The lowest BCUT2D eigenvalue weighted by molar-refractivity contribution is 0.0667. The van der Waals surface area contributed by atoms with E-state index in [-0.39, 0.29) is 17.9 Å². The smallest absolute Gasteiger partial charge is 0.289 e. The first-order valence-corrected chi connectivity index (χ1v) is 9.06. The van der Waals surface area contributed by atoms with Crippen LogP contribution in [0.25, 0.3) is 0 Å². The van der Waals surface area contributed by atoms with Gasteiger partial charge in [0.05, 0.1) is 20.0 Å². The number of carbonyl (C=O) groups excluding carboxylic acids is 2. The molecule has 0 bridgehead atoms. The van der Waals surface area contributed by atoms with Crippen molar-refractivity contribution in [1.29, 1.82) is 0 Å². The van der Waals surface area contributed by atoms with E-state index < -0.39 is 0 Å². The van der Waals surface area contributed by atoms with Crippen molar-refractivity contribution in [3.8, 4) is 11.5 Å². The summed E-state index contributed by atoms with van der Waals surface area (Å²) in [5.74, 6) is 1.22. The van der Waals surface area contributed by atoms with Gasteiger partial charge in [0.25, 0.3) is 11.8 Å². The maximum absolute atomic E-state index is 12.6. The minimum Gasteiger partial charge on any atom is -0.493 e. The van der Waals surface area contributed by atoms with Crippen molar-refractivity contribution in [3.63, 3.8) is 0 Å². The molecule has 7 heteroatoms. The normalized spacial score (nSPS) is 14.7. The fourth-order valence-corrected chi connectivity index (χ4v) is 3.14. The van der Waals surface area contributed by atoms with E-state index in [9.17, 15) is 9.59 Å². The second-order valence-electron chi connectivity index (χ2n) is 6.32. The van der Waals surface area contributed by atoms with E-state index in [0.29, 0.717) is 55.4 Å². The zero-order valence-electron chi connectivity index (χ0n) is 15.6. The van der Waals surface area contributed by atoms with E-state index in [1.165, 1.54) is 6.26 Å². The monoisotopic (exact) mass is 372 g/mol. The largest absolute Gasteiger partial charge is 0.493 e. The van der Waals surface area contributed by atoms with Gasteiger partial charge in [-0.3, -0.25) is 9.59 Å². The molecule has 1 aliphatic rings. The maximum atomic E-state index is 12.6. The van der Waals surface area contributed by atoms with Crippen molar-refractivity contribution in [2.45, 2.75) is 25.8 Å². The highest BCUT2D eigenvalue weighted by Crippen LogP contribution is 2.28. The molecule has 1 aromatic carbocycles. The highest BCUT2D eigenvalue weighted by molar-refractivity contribution is 5.95. The topological polar surface area (TPSA) is 81.0 Å². The average Bonchev–Trinajstić information content (AvgIpc) is 3.23. The summed E-state index contributed by atoms with van der Waals surface area (Å²) in [6.07, 6.45) is 2.89. The minimum atomic E-state index is -0.158. The third-order valence-electron chi connectivity index (χ3n) is 4.58. The van der Waals surface area contributed by atoms with Gasteiger partial charge in [-0.1, -0.05) is 0 Å². The summed E-state index contributed by atoms with van der Waals surface area (Å²) in [7, 11) is 1.56. The number of hydrogen-bond acceptors (Lipinski definition) is 5. The summed E-state index contributed by atoms with van der Waals surface area (Å²) in [6.45, 7) is 3.53. The Hall–Kier alpha value is -2.96. The highest BCUT2D eigenvalue weighted by atomic mass is 16.5. The number of benzene rings is 1. The van der Waals surface area contributed by atoms with Gasteiger partial charge in [-0.25, -0.2) is 0 Å². The predicted octanol–water partition coefficient (Wildman–Crippen LogP) is 2.72. The fraction of sp³-hybridized carbons (Fsp3) is 0.400. The van der Waals surface area contributed by atoms with Gasteiger partial charge in [0.2, 0.25) is 0 Å². The van der Waals surface area contributed by atoms with Crippen LogP contribution in [0.4, 0.5) is 0 Å². The fourth-order valence-electron chi connectivity index (χ4n) is 3.14. The van der Waals surface area contributed by atoms with Gasteiger partial charge in [0.1, 0.15) is 0 Å². The molecule has 0 spiro atoms. The van der Waals surface area contributed by atoms with E-state index in [0.717, 1.165) is 0 Å². The van der Waals surface area contributed by atoms with Crippen molar-refractivity contribution in [2.24, 2.45) is 0 Å². The first-order chi connectivity index (χ1) is 13.1. The Kier molecular flexibility index (Phi) is 6.01. The first-order valence-electron chi connectivity index (χ1n) is 9.06. The molecule has 2 amide bonds. The maximum Gasteiger partial charge on any atom is 0.289 e. The number of piperidine rings is 1. The van der Waals surface area contributed by atoms with Gasteiger partial charge in [-0.15, -0.1) is 0 Å². The number of carbonyl (C=O) groups is 2. The molecule has 1 fully saturated rings. The Morgan fingerprint density at radius 2 is 2.00 bits per heavy atom. The zero-order chi connectivity index (χ0) is 19.2. The Labute approximate surface area is 158 Å². The summed E-state index contributed by atoms with van der Waals surface area (Å²) in [5.41, 5.74) is 0.522. The molecule has 7 nitrogen and oxygen atoms in total. The van der Waals surface area contributed by atoms with Crippen LogP contribution < -0.4 is 14.8 Å². The summed E-state index contributed by atoms with van der Waals surface area (Å²) >= 11 is 0. The predicted molar refractivity (Wildman–Crippen MR) is 99.3 cm³/mol. The quantitative estimate of drug-likeness (QED) is 0.843. The van der Waals surface area contributed by atoms with Crippen LogP contribution in [0.15, 0.2) is 41.0 Å². The van der Waals surface area contributed by atoms with Crippen LogP contribution in [-0.4, -0.2) is 49.6 Å². The van der Waals surface area contributed by atoms with E-state index in [1.807, 2.05) is 6.92 Å². The molecule has 1 saturated heterocycles. The molecule has 1 aromatic heterocycles. The van der Waals surface area contributed by atoms with Crippen molar-refractivity contribution in [3.05, 3.63) is 47.9 Å². The SMILES string of the molecule is CCOc1cc(C(=O)NC2CCN(C(=O)c3ccco3)CC2)ccc1OC. The lowest BCUT2D eigenvalue weighted by Gasteiger charge is -2.31. The van der Waals surface area contributed by atoms with Gasteiger partial charge < -0.3 is 24.1 Å². The second kappa shape index (κ2) is 8.62. The van der Waals surface area contributed by atoms with Crippen LogP contribution in [0.3, 0.4) is 0 Å². The summed E-state index contributed by atoms with van der Waals surface area (Å²) in [4.78, 5) is 26.6. The van der Waals surface area contributed by atoms with Crippen molar-refractivity contribution in [2.75, 3.05) is 26.8 Å². The Balaban J connectivity index is 1.56. The lowest BCUT2D eigenvalue weighted by Crippen LogP contribution is -2.46. The summed E-state index contributed by atoms with van der Waals surface area (Å²) < 4.78 is 15.9. The third kappa shape index (κ3) is 4.42. The summed E-state index contributed by atoms with van der Waals surface area (Å²) in [5, 5.41) is 3.04. The molecule has 2 aromatic rings. The van der Waals surface area contributed by atoms with Crippen LogP contribution in [0.2, 0.25) is 0 Å². The van der Waals surface area contributed by atoms with Gasteiger partial charge in [0, 0.05) is 24.7 Å². The van der Waals surface area contributed by atoms with Gasteiger partial charge in [0.15, 0.2) is 17.3 Å². The number of furan rings is 1. The molecule has 1 aliphatic heterocycles. The Morgan fingerprint density at radius 1 is 1.22 bits per heavy atom. The molecular formula is C20H24N2O5. The molecule has 3 rings (SSSR count). The molecule has 2 heterocycles. The third-order valence-corrected chi connectivity index (χ3v) is 4.58. The van der Waals surface area contributed by atoms with Crippen LogP contribution >= 0.6 is 0 Å².